The van der Waals surface area contributed by atoms with Crippen LogP contribution in [0.1, 0.15) is 63.4 Å². The molecule has 3 N–H and O–H groups in total. The van der Waals surface area contributed by atoms with Gasteiger partial charge in [-0.3, -0.25) is 9.59 Å². The smallest absolute Gasteiger partial charge is 0.241 e. The van der Waals surface area contributed by atoms with Crippen LogP contribution in [0.15, 0.2) is 29.2 Å². The van der Waals surface area contributed by atoms with Crippen molar-refractivity contribution in [1.29, 1.82) is 0 Å². The maximum atomic E-state index is 13.5. The van der Waals surface area contributed by atoms with Crippen molar-refractivity contribution in [3.63, 3.8) is 0 Å². The number of ketones is 1. The Morgan fingerprint density at radius 2 is 1.74 bits per heavy atom. The lowest BCUT2D eigenvalue weighted by Gasteiger charge is -2.59. The largest absolute Gasteiger partial charge is 0.369 e. The molecule has 2 unspecified atom stereocenters. The van der Waals surface area contributed by atoms with Gasteiger partial charge in [-0.2, -0.15) is 4.72 Å². The van der Waals surface area contributed by atoms with Crippen LogP contribution in [-0.2, 0) is 19.6 Å². The van der Waals surface area contributed by atoms with Crippen molar-refractivity contribution in [2.45, 2.75) is 75.1 Å². The van der Waals surface area contributed by atoms with Gasteiger partial charge < -0.3 is 5.73 Å². The fraction of sp³-hybridized carbons (Fsp3) is 0.667. The molecule has 168 valence electrons. The number of Topliss-reactive ketones (excluding diaryl/α,β-unsaturated/α-hetero) is 1. The molecule has 1 amide bonds. The van der Waals surface area contributed by atoms with Gasteiger partial charge in [0.1, 0.15) is 0 Å². The zero-order chi connectivity index (χ0) is 22.0. The zero-order valence-electron chi connectivity index (χ0n) is 18.1. The number of rotatable bonds is 7. The van der Waals surface area contributed by atoms with E-state index in [0.29, 0.717) is 42.6 Å². The first kappa shape index (κ1) is 21.1. The second kappa shape index (κ2) is 7.14. The number of nitrogens with two attached hydrogens (primary N) is 1. The molecule has 4 bridgehead atoms. The second-order valence-electron chi connectivity index (χ2n) is 10.7. The molecule has 2 atom stereocenters. The number of carbonyl (C=O) groups is 2. The van der Waals surface area contributed by atoms with Crippen molar-refractivity contribution < 1.29 is 18.0 Å². The number of aryl methyl sites for hydroxylation is 1. The normalized spacial score (nSPS) is 35.5. The van der Waals surface area contributed by atoms with E-state index in [0.717, 1.165) is 38.5 Å². The Morgan fingerprint density at radius 1 is 1.10 bits per heavy atom. The molecule has 0 radical (unpaired) electrons. The molecule has 7 heteroatoms. The highest BCUT2D eigenvalue weighted by molar-refractivity contribution is 7.89. The van der Waals surface area contributed by atoms with Gasteiger partial charge >= 0.3 is 0 Å². The summed E-state index contributed by atoms with van der Waals surface area (Å²) in [5.74, 6) is 1.37. The molecule has 6 rings (SSSR count). The molecule has 0 aliphatic heterocycles. The van der Waals surface area contributed by atoms with E-state index in [1.807, 2.05) is 6.07 Å². The van der Waals surface area contributed by atoms with Gasteiger partial charge in [0.25, 0.3) is 0 Å². The molecule has 0 heterocycles. The fourth-order valence-corrected chi connectivity index (χ4v) is 9.00. The van der Waals surface area contributed by atoms with Crippen molar-refractivity contribution in [3.05, 3.63) is 29.8 Å². The molecule has 0 aromatic heterocycles. The quantitative estimate of drug-likeness (QED) is 0.674. The second-order valence-corrected chi connectivity index (χ2v) is 12.4. The molecule has 31 heavy (non-hydrogen) atoms. The predicted octanol–water partition coefficient (Wildman–Crippen LogP) is 3.08. The number of carbonyl (C=O) groups excluding carboxylic acids is 2. The number of sulfonamides is 1. The molecule has 0 spiro atoms. The third-order valence-electron chi connectivity index (χ3n) is 8.87. The lowest BCUT2D eigenvalue weighted by Crippen LogP contribution is -2.61. The maximum Gasteiger partial charge on any atom is 0.241 e. The van der Waals surface area contributed by atoms with Crippen LogP contribution in [0, 0.1) is 36.0 Å². The van der Waals surface area contributed by atoms with E-state index in [4.69, 9.17) is 5.73 Å². The summed E-state index contributed by atoms with van der Waals surface area (Å²) in [7, 11) is -3.77. The number of primary amides is 1. The Kier molecular flexibility index (Phi) is 4.87. The Labute approximate surface area is 184 Å². The van der Waals surface area contributed by atoms with Gasteiger partial charge in [-0.15, -0.1) is 0 Å². The fourth-order valence-electron chi connectivity index (χ4n) is 7.31. The van der Waals surface area contributed by atoms with Crippen LogP contribution in [0.4, 0.5) is 0 Å². The molecule has 5 aliphatic rings. The first-order valence-electron chi connectivity index (χ1n) is 11.6. The van der Waals surface area contributed by atoms with E-state index in [1.165, 1.54) is 0 Å². The standard InChI is InChI=1S/C24H32N2O4S/c1-15-5-2-3-6-20(15)31(29,30)26-24(7-4-8-24)21(27)11-19-17-9-16-10-18(19)14-23(12-16,13-17)22(25)28/h2-3,5-6,16-19,26H,4,7-14H2,1H3,(H2,25,28). The van der Waals surface area contributed by atoms with Gasteiger partial charge in [-0.1, -0.05) is 18.2 Å². The van der Waals surface area contributed by atoms with Crippen molar-refractivity contribution in [2.24, 2.45) is 34.8 Å². The molecule has 1 aromatic rings. The van der Waals surface area contributed by atoms with E-state index in [9.17, 15) is 18.0 Å². The van der Waals surface area contributed by atoms with Gasteiger partial charge in [-0.25, -0.2) is 8.42 Å². The summed E-state index contributed by atoms with van der Waals surface area (Å²) in [5, 5.41) is 0. The van der Waals surface area contributed by atoms with Gasteiger partial charge in [0.15, 0.2) is 5.78 Å². The SMILES string of the molecule is Cc1ccccc1S(=O)(=O)NC1(C(=O)CC2C3CC4CC2CC(C(N)=O)(C4)C3)CCC1. The van der Waals surface area contributed by atoms with Gasteiger partial charge in [0.2, 0.25) is 15.9 Å². The molecular weight excluding hydrogens is 412 g/mol. The first-order chi connectivity index (χ1) is 14.6. The number of hydrogen-bond acceptors (Lipinski definition) is 4. The van der Waals surface area contributed by atoms with E-state index in [-0.39, 0.29) is 27.9 Å². The molecule has 6 nitrogen and oxygen atoms in total. The number of benzene rings is 1. The van der Waals surface area contributed by atoms with Crippen molar-refractivity contribution in [3.8, 4) is 0 Å². The Hall–Kier alpha value is -1.73. The number of amides is 1. The van der Waals surface area contributed by atoms with Crippen LogP contribution in [0.25, 0.3) is 0 Å². The van der Waals surface area contributed by atoms with Crippen molar-refractivity contribution >= 4 is 21.7 Å². The molecule has 5 saturated carbocycles. The third kappa shape index (κ3) is 3.35. The minimum Gasteiger partial charge on any atom is -0.369 e. The highest BCUT2D eigenvalue weighted by atomic mass is 32.2. The number of hydrogen-bond donors (Lipinski definition) is 2. The van der Waals surface area contributed by atoms with Gasteiger partial charge in [-0.05, 0) is 93.6 Å². The molecule has 1 aromatic carbocycles. The Balaban J connectivity index is 1.34. The lowest BCUT2D eigenvalue weighted by atomic mass is 9.45. The monoisotopic (exact) mass is 444 g/mol. The van der Waals surface area contributed by atoms with Crippen LogP contribution < -0.4 is 10.5 Å². The van der Waals surface area contributed by atoms with E-state index in [1.54, 1.807) is 25.1 Å². The molecule has 5 aliphatic carbocycles. The summed E-state index contributed by atoms with van der Waals surface area (Å²) in [6, 6.07) is 6.88. The van der Waals surface area contributed by atoms with Crippen LogP contribution >= 0.6 is 0 Å². The summed E-state index contributed by atoms with van der Waals surface area (Å²) in [6.07, 6.45) is 7.05. The molecule has 5 fully saturated rings. The maximum absolute atomic E-state index is 13.5. The van der Waals surface area contributed by atoms with E-state index >= 15 is 0 Å². The van der Waals surface area contributed by atoms with Crippen LogP contribution in [0.3, 0.4) is 0 Å². The highest BCUT2D eigenvalue weighted by Gasteiger charge is 2.59. The Morgan fingerprint density at radius 3 is 2.29 bits per heavy atom. The van der Waals surface area contributed by atoms with Gasteiger partial charge in [0.05, 0.1) is 10.4 Å². The lowest BCUT2D eigenvalue weighted by molar-refractivity contribution is -0.152. The first-order valence-corrected chi connectivity index (χ1v) is 13.1. The van der Waals surface area contributed by atoms with Crippen LogP contribution in [0.2, 0.25) is 0 Å². The Bertz CT molecular complexity index is 1010. The summed E-state index contributed by atoms with van der Waals surface area (Å²) in [4.78, 5) is 26.0. The predicted molar refractivity (Wildman–Crippen MR) is 116 cm³/mol. The summed E-state index contributed by atoms with van der Waals surface area (Å²) in [5.41, 5.74) is 5.13. The third-order valence-corrected chi connectivity index (χ3v) is 10.6. The van der Waals surface area contributed by atoms with E-state index in [2.05, 4.69) is 4.72 Å². The summed E-state index contributed by atoms with van der Waals surface area (Å²) in [6.45, 7) is 1.77. The average molecular weight is 445 g/mol. The highest BCUT2D eigenvalue weighted by Crippen LogP contribution is 2.63. The van der Waals surface area contributed by atoms with Crippen LogP contribution in [0.5, 0.6) is 0 Å². The molecular formula is C24H32N2O4S. The van der Waals surface area contributed by atoms with Crippen molar-refractivity contribution in [1.82, 2.24) is 4.72 Å². The minimum absolute atomic E-state index is 0.0292. The summed E-state index contributed by atoms with van der Waals surface area (Å²) < 4.78 is 29.0. The average Bonchev–Trinajstić information content (AvgIpc) is 2.67. The minimum atomic E-state index is -3.77. The molecule has 0 saturated heterocycles. The topological polar surface area (TPSA) is 106 Å². The van der Waals surface area contributed by atoms with Crippen molar-refractivity contribution in [2.75, 3.05) is 0 Å². The van der Waals surface area contributed by atoms with Crippen LogP contribution in [-0.4, -0.2) is 25.6 Å². The van der Waals surface area contributed by atoms with E-state index < -0.39 is 15.6 Å². The number of nitrogens with one attached hydrogen (secondary N) is 1. The summed E-state index contributed by atoms with van der Waals surface area (Å²) >= 11 is 0. The zero-order valence-corrected chi connectivity index (χ0v) is 18.9. The van der Waals surface area contributed by atoms with Gasteiger partial charge in [0, 0.05) is 11.8 Å².